The van der Waals surface area contributed by atoms with Crippen molar-refractivity contribution in [2.75, 3.05) is 26.7 Å². The zero-order valence-electron chi connectivity index (χ0n) is 11.4. The second kappa shape index (κ2) is 6.68. The summed E-state index contributed by atoms with van der Waals surface area (Å²) in [4.78, 5) is 13.3. The van der Waals surface area contributed by atoms with E-state index in [2.05, 4.69) is 17.3 Å². The van der Waals surface area contributed by atoms with E-state index < -0.39 is 5.97 Å². The molecule has 1 heterocycles. The van der Waals surface area contributed by atoms with Gasteiger partial charge in [-0.1, -0.05) is 12.1 Å². The Kier molecular flexibility index (Phi) is 4.93. The minimum atomic E-state index is -0.865. The van der Waals surface area contributed by atoms with Crippen LogP contribution in [0.1, 0.15) is 28.8 Å². The van der Waals surface area contributed by atoms with Crippen LogP contribution in [0, 0.1) is 5.92 Å². The highest BCUT2D eigenvalue weighted by Crippen LogP contribution is 2.14. The lowest BCUT2D eigenvalue weighted by Crippen LogP contribution is -2.37. The van der Waals surface area contributed by atoms with Gasteiger partial charge in [-0.15, -0.1) is 0 Å². The molecule has 1 aliphatic rings. The molecule has 2 rings (SSSR count). The van der Waals surface area contributed by atoms with Crippen LogP contribution in [0.2, 0.25) is 0 Å². The van der Waals surface area contributed by atoms with E-state index in [0.717, 1.165) is 25.2 Å². The molecule has 1 unspecified atom stereocenters. The quantitative estimate of drug-likeness (QED) is 0.850. The van der Waals surface area contributed by atoms with Crippen molar-refractivity contribution < 1.29 is 9.90 Å². The summed E-state index contributed by atoms with van der Waals surface area (Å²) in [6.45, 7) is 4.10. The van der Waals surface area contributed by atoms with Gasteiger partial charge in [0.05, 0.1) is 5.56 Å². The predicted octanol–water partition coefficient (Wildman–Crippen LogP) is 1.82. The second-order valence-electron chi connectivity index (χ2n) is 5.41. The van der Waals surface area contributed by atoms with Gasteiger partial charge in [0, 0.05) is 13.1 Å². The number of hydrogen-bond donors (Lipinski definition) is 2. The lowest BCUT2D eigenvalue weighted by Gasteiger charge is -2.29. The van der Waals surface area contributed by atoms with Gasteiger partial charge in [-0.2, -0.15) is 0 Å². The lowest BCUT2D eigenvalue weighted by molar-refractivity contribution is 0.0696. The first-order chi connectivity index (χ1) is 9.15. The second-order valence-corrected chi connectivity index (χ2v) is 5.41. The molecule has 0 radical (unpaired) electrons. The molecule has 1 saturated heterocycles. The predicted molar refractivity (Wildman–Crippen MR) is 75.3 cm³/mol. The molecule has 104 valence electrons. The Balaban J connectivity index is 1.79. The maximum Gasteiger partial charge on any atom is 0.335 e. The van der Waals surface area contributed by atoms with Crippen LogP contribution in [0.25, 0.3) is 0 Å². The molecular weight excluding hydrogens is 240 g/mol. The molecular formula is C15H22N2O2. The Hall–Kier alpha value is -1.39. The van der Waals surface area contributed by atoms with Crippen molar-refractivity contribution in [3.63, 3.8) is 0 Å². The number of carboxylic acid groups (broad SMARTS) is 1. The molecule has 1 atom stereocenters. The number of nitrogens with one attached hydrogen (secondary N) is 1. The molecule has 0 saturated carbocycles. The Morgan fingerprint density at radius 3 is 3.11 bits per heavy atom. The Morgan fingerprint density at radius 2 is 2.37 bits per heavy atom. The summed E-state index contributed by atoms with van der Waals surface area (Å²) in [5.74, 6) is -0.155. The molecule has 1 fully saturated rings. The maximum absolute atomic E-state index is 10.9. The third-order valence-corrected chi connectivity index (χ3v) is 3.66. The fraction of sp³-hybridized carbons (Fsp3) is 0.533. The molecule has 0 aliphatic carbocycles. The summed E-state index contributed by atoms with van der Waals surface area (Å²) in [6.07, 6.45) is 2.56. The van der Waals surface area contributed by atoms with Gasteiger partial charge in [0.1, 0.15) is 0 Å². The number of carboxylic acids is 1. The van der Waals surface area contributed by atoms with Crippen LogP contribution in [0.15, 0.2) is 24.3 Å². The molecule has 2 N–H and O–H groups in total. The Labute approximate surface area is 114 Å². The van der Waals surface area contributed by atoms with Gasteiger partial charge in [-0.3, -0.25) is 0 Å². The number of piperidine rings is 1. The van der Waals surface area contributed by atoms with Crippen molar-refractivity contribution in [3.8, 4) is 0 Å². The molecule has 1 aromatic rings. The van der Waals surface area contributed by atoms with Crippen LogP contribution in [0.5, 0.6) is 0 Å². The zero-order valence-corrected chi connectivity index (χ0v) is 11.4. The first-order valence-electron chi connectivity index (χ1n) is 6.86. The largest absolute Gasteiger partial charge is 0.478 e. The van der Waals surface area contributed by atoms with Gasteiger partial charge >= 0.3 is 5.97 Å². The smallest absolute Gasteiger partial charge is 0.335 e. The minimum Gasteiger partial charge on any atom is -0.478 e. The van der Waals surface area contributed by atoms with Crippen molar-refractivity contribution >= 4 is 5.97 Å². The summed E-state index contributed by atoms with van der Waals surface area (Å²) < 4.78 is 0. The summed E-state index contributed by atoms with van der Waals surface area (Å²) in [5.41, 5.74) is 1.39. The molecule has 4 nitrogen and oxygen atoms in total. The highest BCUT2D eigenvalue weighted by molar-refractivity contribution is 5.87. The van der Waals surface area contributed by atoms with Crippen molar-refractivity contribution in [1.29, 1.82) is 0 Å². The number of rotatable bonds is 5. The molecule has 1 aromatic carbocycles. The van der Waals surface area contributed by atoms with E-state index in [4.69, 9.17) is 5.11 Å². The van der Waals surface area contributed by atoms with E-state index in [-0.39, 0.29) is 0 Å². The Bertz CT molecular complexity index is 434. The molecule has 19 heavy (non-hydrogen) atoms. The van der Waals surface area contributed by atoms with Gasteiger partial charge < -0.3 is 15.3 Å². The van der Waals surface area contributed by atoms with Crippen LogP contribution in [-0.4, -0.2) is 42.7 Å². The van der Waals surface area contributed by atoms with Crippen LogP contribution in [-0.2, 0) is 6.54 Å². The van der Waals surface area contributed by atoms with Gasteiger partial charge in [0.15, 0.2) is 0 Å². The van der Waals surface area contributed by atoms with E-state index in [1.54, 1.807) is 18.2 Å². The first kappa shape index (κ1) is 14.0. The van der Waals surface area contributed by atoms with Crippen LogP contribution >= 0.6 is 0 Å². The fourth-order valence-electron chi connectivity index (χ4n) is 2.67. The van der Waals surface area contributed by atoms with Gasteiger partial charge in [-0.05, 0) is 56.6 Å². The number of carbonyl (C=O) groups is 1. The van der Waals surface area contributed by atoms with E-state index in [9.17, 15) is 4.79 Å². The van der Waals surface area contributed by atoms with Crippen LogP contribution in [0.3, 0.4) is 0 Å². The SMILES string of the molecule is CN1CCCC(CNCc2cccc(C(=O)O)c2)C1. The molecule has 4 heteroatoms. The van der Waals surface area contributed by atoms with Gasteiger partial charge in [0.2, 0.25) is 0 Å². The third-order valence-electron chi connectivity index (χ3n) is 3.66. The minimum absolute atomic E-state index is 0.358. The van der Waals surface area contributed by atoms with E-state index >= 15 is 0 Å². The average molecular weight is 262 g/mol. The van der Waals surface area contributed by atoms with Gasteiger partial charge in [-0.25, -0.2) is 4.79 Å². The van der Waals surface area contributed by atoms with E-state index in [1.165, 1.54) is 19.4 Å². The maximum atomic E-state index is 10.9. The van der Waals surface area contributed by atoms with Crippen molar-refractivity contribution in [2.24, 2.45) is 5.92 Å². The van der Waals surface area contributed by atoms with E-state index in [1.807, 2.05) is 6.07 Å². The Morgan fingerprint density at radius 1 is 1.53 bits per heavy atom. The highest BCUT2D eigenvalue weighted by Gasteiger charge is 2.16. The molecule has 0 aromatic heterocycles. The average Bonchev–Trinajstić information content (AvgIpc) is 2.39. The third kappa shape index (κ3) is 4.33. The molecule has 0 spiro atoms. The summed E-state index contributed by atoms with van der Waals surface area (Å²) in [7, 11) is 2.17. The highest BCUT2D eigenvalue weighted by atomic mass is 16.4. The molecule has 0 bridgehead atoms. The lowest BCUT2D eigenvalue weighted by atomic mass is 9.98. The van der Waals surface area contributed by atoms with Crippen molar-refractivity contribution in [3.05, 3.63) is 35.4 Å². The normalized spacial score (nSPS) is 20.4. The first-order valence-corrected chi connectivity index (χ1v) is 6.86. The van der Waals surface area contributed by atoms with Crippen LogP contribution in [0.4, 0.5) is 0 Å². The van der Waals surface area contributed by atoms with Crippen molar-refractivity contribution in [1.82, 2.24) is 10.2 Å². The monoisotopic (exact) mass is 262 g/mol. The number of nitrogens with zero attached hydrogens (tertiary/aromatic N) is 1. The summed E-state index contributed by atoms with van der Waals surface area (Å²) in [5, 5.41) is 12.4. The molecule has 1 aliphatic heterocycles. The van der Waals surface area contributed by atoms with Crippen molar-refractivity contribution in [2.45, 2.75) is 19.4 Å². The number of aromatic carboxylic acids is 1. The number of likely N-dealkylation sites (tertiary alicyclic amines) is 1. The van der Waals surface area contributed by atoms with E-state index in [0.29, 0.717) is 11.5 Å². The van der Waals surface area contributed by atoms with Crippen LogP contribution < -0.4 is 5.32 Å². The fourth-order valence-corrected chi connectivity index (χ4v) is 2.67. The standard InChI is InChI=1S/C15H22N2O2/c1-17-7-3-5-13(11-17)10-16-9-12-4-2-6-14(8-12)15(18)19/h2,4,6,8,13,16H,3,5,7,9-11H2,1H3,(H,18,19). The molecule has 0 amide bonds. The summed E-state index contributed by atoms with van der Waals surface area (Å²) >= 11 is 0. The van der Waals surface area contributed by atoms with Gasteiger partial charge in [0.25, 0.3) is 0 Å². The number of hydrogen-bond acceptors (Lipinski definition) is 3. The number of benzene rings is 1. The zero-order chi connectivity index (χ0) is 13.7. The topological polar surface area (TPSA) is 52.6 Å². The summed E-state index contributed by atoms with van der Waals surface area (Å²) in [6, 6.07) is 7.13.